The number of nitrogens with two attached hydrogens (primary N) is 2. The standard InChI is InChI=1S/C29H41N5O6S/c1-41-16-14-23(32-26(36)22(31)17-19-7-3-2-4-8-19)27(37)34-25(18-20-10-12-21(35)13-11-20)28(38)33-24(29(39)40)9-5-6-15-30/h2-4,7-8,10-13,22-25,35H,5-6,9,14-18,30-31H2,1H3,(H,32,36)(H,33,38)(H,34,37)(H,39,40). The maximum atomic E-state index is 13.4. The summed E-state index contributed by atoms with van der Waals surface area (Å²) >= 11 is 1.50. The van der Waals surface area contributed by atoms with E-state index in [1.54, 1.807) is 12.1 Å². The first-order chi connectivity index (χ1) is 19.6. The van der Waals surface area contributed by atoms with Crippen molar-refractivity contribution < 1.29 is 29.4 Å². The number of aromatic hydroxyl groups is 1. The third-order valence-electron chi connectivity index (χ3n) is 6.45. The molecule has 0 spiro atoms. The minimum Gasteiger partial charge on any atom is -0.508 e. The molecule has 0 aromatic heterocycles. The maximum absolute atomic E-state index is 13.4. The Hall–Kier alpha value is -3.61. The first kappa shape index (κ1) is 33.6. The van der Waals surface area contributed by atoms with Crippen LogP contribution in [0.4, 0.5) is 0 Å². The third kappa shape index (κ3) is 12.2. The SMILES string of the molecule is CSCCC(NC(=O)C(N)Cc1ccccc1)C(=O)NC(Cc1ccc(O)cc1)C(=O)NC(CCCCN)C(=O)O. The lowest BCUT2D eigenvalue weighted by Crippen LogP contribution is -2.57. The number of carbonyl (C=O) groups excluding carboxylic acids is 3. The van der Waals surface area contributed by atoms with E-state index in [1.165, 1.54) is 23.9 Å². The number of rotatable bonds is 18. The van der Waals surface area contributed by atoms with Crippen molar-refractivity contribution in [3.63, 3.8) is 0 Å². The third-order valence-corrected chi connectivity index (χ3v) is 7.09. The molecule has 9 N–H and O–H groups in total. The van der Waals surface area contributed by atoms with Crippen LogP contribution in [0.25, 0.3) is 0 Å². The average Bonchev–Trinajstić information content (AvgIpc) is 2.95. The molecule has 0 radical (unpaired) electrons. The molecular weight excluding hydrogens is 546 g/mol. The number of unbranched alkanes of at least 4 members (excludes halogenated alkanes) is 1. The number of hydrogen-bond acceptors (Lipinski definition) is 8. The van der Waals surface area contributed by atoms with E-state index in [0.29, 0.717) is 37.1 Å². The van der Waals surface area contributed by atoms with Gasteiger partial charge in [-0.05, 0) is 73.9 Å². The van der Waals surface area contributed by atoms with Crippen molar-refractivity contribution in [3.8, 4) is 5.75 Å². The highest BCUT2D eigenvalue weighted by molar-refractivity contribution is 7.98. The number of phenols is 1. The Labute approximate surface area is 244 Å². The number of thioether (sulfide) groups is 1. The van der Waals surface area contributed by atoms with Crippen LogP contribution in [0.5, 0.6) is 5.75 Å². The van der Waals surface area contributed by atoms with Crippen molar-refractivity contribution in [1.82, 2.24) is 16.0 Å². The molecule has 0 aliphatic rings. The molecule has 2 aromatic carbocycles. The van der Waals surface area contributed by atoms with Gasteiger partial charge in [0.25, 0.3) is 0 Å². The number of hydrogen-bond donors (Lipinski definition) is 7. The van der Waals surface area contributed by atoms with Crippen molar-refractivity contribution in [2.75, 3.05) is 18.6 Å². The van der Waals surface area contributed by atoms with Gasteiger partial charge in [-0.3, -0.25) is 14.4 Å². The van der Waals surface area contributed by atoms with Crippen molar-refractivity contribution in [2.45, 2.75) is 62.7 Å². The van der Waals surface area contributed by atoms with Gasteiger partial charge in [-0.15, -0.1) is 0 Å². The van der Waals surface area contributed by atoms with E-state index >= 15 is 0 Å². The Kier molecular flexibility index (Phi) is 14.7. The van der Waals surface area contributed by atoms with Crippen molar-refractivity contribution in [1.29, 1.82) is 0 Å². The van der Waals surface area contributed by atoms with Crippen molar-refractivity contribution >= 4 is 35.5 Å². The molecular formula is C29H41N5O6S. The maximum Gasteiger partial charge on any atom is 0.326 e. The van der Waals surface area contributed by atoms with Gasteiger partial charge in [0, 0.05) is 6.42 Å². The van der Waals surface area contributed by atoms with Crippen LogP contribution < -0.4 is 27.4 Å². The summed E-state index contributed by atoms with van der Waals surface area (Å²) in [6.07, 6.45) is 3.78. The van der Waals surface area contributed by atoms with Crippen LogP contribution in [0, 0.1) is 0 Å². The zero-order valence-electron chi connectivity index (χ0n) is 23.3. The highest BCUT2D eigenvalue weighted by Gasteiger charge is 2.30. The first-order valence-electron chi connectivity index (χ1n) is 13.5. The summed E-state index contributed by atoms with van der Waals surface area (Å²) in [5.41, 5.74) is 13.1. The Bertz CT molecular complexity index is 1120. The minimum atomic E-state index is -1.19. The highest BCUT2D eigenvalue weighted by Crippen LogP contribution is 2.13. The van der Waals surface area contributed by atoms with Crippen LogP contribution in [0.1, 0.15) is 36.8 Å². The Balaban J connectivity index is 2.19. The normalized spacial score (nSPS) is 13.8. The van der Waals surface area contributed by atoms with E-state index in [-0.39, 0.29) is 25.0 Å². The second kappa shape index (κ2) is 17.9. The molecule has 224 valence electrons. The number of phenolic OH excluding ortho intramolecular Hbond substituents is 1. The van der Waals surface area contributed by atoms with Crippen LogP contribution in [0.15, 0.2) is 54.6 Å². The first-order valence-corrected chi connectivity index (χ1v) is 14.9. The Morgan fingerprint density at radius 1 is 0.780 bits per heavy atom. The molecule has 0 aliphatic carbocycles. The summed E-state index contributed by atoms with van der Waals surface area (Å²) in [5, 5.41) is 27.2. The lowest BCUT2D eigenvalue weighted by atomic mass is 10.0. The second-order valence-electron chi connectivity index (χ2n) is 9.75. The molecule has 2 aromatic rings. The summed E-state index contributed by atoms with van der Waals surface area (Å²) in [6, 6.07) is 11.2. The molecule has 0 saturated heterocycles. The van der Waals surface area contributed by atoms with Gasteiger partial charge in [0.05, 0.1) is 6.04 Å². The molecule has 41 heavy (non-hydrogen) atoms. The Morgan fingerprint density at radius 2 is 1.37 bits per heavy atom. The summed E-state index contributed by atoms with van der Waals surface area (Å²) in [5.74, 6) is -2.36. The van der Waals surface area contributed by atoms with Gasteiger partial charge in [0.1, 0.15) is 23.9 Å². The van der Waals surface area contributed by atoms with Crippen LogP contribution in [-0.4, -0.2) is 76.6 Å². The van der Waals surface area contributed by atoms with Gasteiger partial charge in [-0.1, -0.05) is 42.5 Å². The smallest absolute Gasteiger partial charge is 0.326 e. The van der Waals surface area contributed by atoms with Gasteiger partial charge in [-0.25, -0.2) is 4.79 Å². The monoisotopic (exact) mass is 587 g/mol. The predicted octanol–water partition coefficient (Wildman–Crippen LogP) is 0.926. The molecule has 4 atom stereocenters. The molecule has 12 heteroatoms. The number of aliphatic carboxylic acids is 1. The molecule has 4 unspecified atom stereocenters. The number of carboxylic acids is 1. The van der Waals surface area contributed by atoms with Crippen LogP contribution in [0.3, 0.4) is 0 Å². The number of benzene rings is 2. The number of carboxylic acid groups (broad SMARTS) is 1. The predicted molar refractivity (Wildman–Crippen MR) is 159 cm³/mol. The lowest BCUT2D eigenvalue weighted by Gasteiger charge is -2.25. The van der Waals surface area contributed by atoms with E-state index in [2.05, 4.69) is 16.0 Å². The fraction of sp³-hybridized carbons (Fsp3) is 0.448. The quantitative estimate of drug-likeness (QED) is 0.124. The van der Waals surface area contributed by atoms with Crippen molar-refractivity contribution in [2.24, 2.45) is 11.5 Å². The fourth-order valence-corrected chi connectivity index (χ4v) is 4.59. The molecule has 0 bridgehead atoms. The molecule has 0 fully saturated rings. The van der Waals surface area contributed by atoms with E-state index < -0.39 is 47.9 Å². The summed E-state index contributed by atoms with van der Waals surface area (Å²) in [4.78, 5) is 51.4. The average molecular weight is 588 g/mol. The number of nitrogens with one attached hydrogen (secondary N) is 3. The number of carbonyl (C=O) groups is 4. The lowest BCUT2D eigenvalue weighted by molar-refractivity contribution is -0.142. The topological polar surface area (TPSA) is 197 Å². The van der Waals surface area contributed by atoms with Crippen molar-refractivity contribution in [3.05, 3.63) is 65.7 Å². The molecule has 0 heterocycles. The van der Waals surface area contributed by atoms with E-state index in [1.807, 2.05) is 36.6 Å². The van der Waals surface area contributed by atoms with Crippen LogP contribution in [-0.2, 0) is 32.0 Å². The highest BCUT2D eigenvalue weighted by atomic mass is 32.2. The minimum absolute atomic E-state index is 0.0315. The summed E-state index contributed by atoms with van der Waals surface area (Å²) in [6.45, 7) is 0.401. The molecule has 0 saturated carbocycles. The zero-order chi connectivity index (χ0) is 30.2. The molecule has 11 nitrogen and oxygen atoms in total. The zero-order valence-corrected chi connectivity index (χ0v) is 24.1. The molecule has 3 amide bonds. The number of amides is 3. The van der Waals surface area contributed by atoms with Gasteiger partial charge >= 0.3 is 5.97 Å². The molecule has 2 rings (SSSR count). The van der Waals surface area contributed by atoms with E-state index in [4.69, 9.17) is 11.5 Å². The van der Waals surface area contributed by atoms with Gasteiger partial charge < -0.3 is 37.6 Å². The van der Waals surface area contributed by atoms with Gasteiger partial charge in [0.2, 0.25) is 17.7 Å². The summed E-state index contributed by atoms with van der Waals surface area (Å²) < 4.78 is 0. The van der Waals surface area contributed by atoms with Crippen LogP contribution >= 0.6 is 11.8 Å². The molecule has 0 aliphatic heterocycles. The van der Waals surface area contributed by atoms with E-state index in [9.17, 15) is 29.4 Å². The van der Waals surface area contributed by atoms with Crippen LogP contribution in [0.2, 0.25) is 0 Å². The Morgan fingerprint density at radius 3 is 1.98 bits per heavy atom. The fourth-order valence-electron chi connectivity index (χ4n) is 4.12. The van der Waals surface area contributed by atoms with Gasteiger partial charge in [-0.2, -0.15) is 11.8 Å². The second-order valence-corrected chi connectivity index (χ2v) is 10.7. The largest absolute Gasteiger partial charge is 0.508 e. The summed E-state index contributed by atoms with van der Waals surface area (Å²) in [7, 11) is 0. The van der Waals surface area contributed by atoms with Gasteiger partial charge in [0.15, 0.2) is 0 Å². The van der Waals surface area contributed by atoms with E-state index in [0.717, 1.165) is 5.56 Å².